The van der Waals surface area contributed by atoms with Gasteiger partial charge in [-0.1, -0.05) is 0 Å². The summed E-state index contributed by atoms with van der Waals surface area (Å²) in [6, 6.07) is 4.31. The van der Waals surface area contributed by atoms with Gasteiger partial charge in [0, 0.05) is 25.4 Å². The van der Waals surface area contributed by atoms with E-state index in [1.54, 1.807) is 4.90 Å². The van der Waals surface area contributed by atoms with Crippen LogP contribution in [0.5, 0.6) is 0 Å². The second kappa shape index (κ2) is 9.24. The molecular weight excluding hydrogens is 408 g/mol. The molecule has 1 N–H and O–H groups in total. The second-order valence-corrected chi connectivity index (χ2v) is 10.7. The quantitative estimate of drug-likeness (QED) is 0.701. The van der Waals surface area contributed by atoms with Crippen molar-refractivity contribution >= 4 is 27.6 Å². The molecule has 0 bridgehead atoms. The van der Waals surface area contributed by atoms with Gasteiger partial charge in [-0.25, -0.2) is 18.0 Å². The zero-order valence-electron chi connectivity index (χ0n) is 18.5. The normalized spacial score (nSPS) is 16.7. The van der Waals surface area contributed by atoms with E-state index >= 15 is 0 Å². The minimum absolute atomic E-state index is 0.0563. The average molecular weight is 441 g/mol. The van der Waals surface area contributed by atoms with Gasteiger partial charge in [0.05, 0.1) is 23.3 Å². The first-order valence-corrected chi connectivity index (χ1v) is 11.9. The van der Waals surface area contributed by atoms with E-state index in [-0.39, 0.29) is 28.5 Å². The summed E-state index contributed by atoms with van der Waals surface area (Å²) in [7, 11) is -2.20. The number of carbonyl (C=O) groups is 2. The zero-order chi connectivity index (χ0) is 22.7. The molecule has 0 radical (unpaired) electrons. The topological polar surface area (TPSA) is 102 Å². The third-order valence-electron chi connectivity index (χ3n) is 5.08. The second-order valence-electron chi connectivity index (χ2n) is 8.71. The average Bonchev–Trinajstić information content (AvgIpc) is 2.65. The Morgan fingerprint density at radius 3 is 2.30 bits per heavy atom. The summed E-state index contributed by atoms with van der Waals surface area (Å²) < 4.78 is 34.5. The van der Waals surface area contributed by atoms with Gasteiger partial charge in [0.2, 0.25) is 0 Å². The van der Waals surface area contributed by atoms with Crippen molar-refractivity contribution in [2.45, 2.75) is 57.1 Å². The molecule has 1 heterocycles. The highest BCUT2D eigenvalue weighted by Gasteiger charge is 2.30. The third kappa shape index (κ3) is 6.35. The minimum Gasteiger partial charge on any atom is -0.465 e. The van der Waals surface area contributed by atoms with Crippen LogP contribution in [0.25, 0.3) is 0 Å². The number of nitrogens with zero attached hydrogens (tertiary/aromatic N) is 1. The Hall–Kier alpha value is -2.29. The lowest BCUT2D eigenvalue weighted by Crippen LogP contribution is -2.44. The summed E-state index contributed by atoms with van der Waals surface area (Å²) in [6.07, 6.45) is 2.35. The Kier molecular flexibility index (Phi) is 7.39. The molecule has 1 aromatic rings. The molecular formula is C21H32N2O6S. The molecule has 0 saturated carbocycles. The van der Waals surface area contributed by atoms with Gasteiger partial charge < -0.3 is 19.7 Å². The van der Waals surface area contributed by atoms with Crippen molar-refractivity contribution in [1.82, 2.24) is 4.90 Å². The standard InChI is InChI=1S/C21H32N2O6S/c1-14(15-9-11-23(12-10-15)20(25)29-21(2,3)4)22-17-13-16(19(24)28-5)7-8-18(17)30(6,26)27/h7-8,13-15,22H,9-12H2,1-6H3. The Balaban J connectivity index is 2.10. The number of methoxy groups -OCH3 is 1. The number of hydrogen-bond donors (Lipinski definition) is 1. The molecule has 1 saturated heterocycles. The first-order chi connectivity index (χ1) is 13.8. The summed E-state index contributed by atoms with van der Waals surface area (Å²) in [6.45, 7) is 8.65. The number of likely N-dealkylation sites (tertiary alicyclic amines) is 1. The number of piperidine rings is 1. The van der Waals surface area contributed by atoms with E-state index in [4.69, 9.17) is 9.47 Å². The third-order valence-corrected chi connectivity index (χ3v) is 6.24. The highest BCUT2D eigenvalue weighted by Crippen LogP contribution is 2.28. The van der Waals surface area contributed by atoms with Crippen LogP contribution in [0.2, 0.25) is 0 Å². The van der Waals surface area contributed by atoms with Crippen LogP contribution in [0.3, 0.4) is 0 Å². The number of carbonyl (C=O) groups excluding carboxylic acids is 2. The smallest absolute Gasteiger partial charge is 0.410 e. The highest BCUT2D eigenvalue weighted by molar-refractivity contribution is 7.90. The number of ether oxygens (including phenoxy) is 2. The van der Waals surface area contributed by atoms with Gasteiger partial charge in [-0.3, -0.25) is 0 Å². The van der Waals surface area contributed by atoms with Crippen LogP contribution >= 0.6 is 0 Å². The Bertz CT molecular complexity index is 883. The summed E-state index contributed by atoms with van der Waals surface area (Å²) in [5.41, 5.74) is 0.122. The van der Waals surface area contributed by atoms with Crippen LogP contribution in [0, 0.1) is 5.92 Å². The summed E-state index contributed by atoms with van der Waals surface area (Å²) >= 11 is 0. The molecule has 2 rings (SSSR count). The fraction of sp³-hybridized carbons (Fsp3) is 0.619. The van der Waals surface area contributed by atoms with E-state index < -0.39 is 21.4 Å². The van der Waals surface area contributed by atoms with Crippen molar-refractivity contribution in [3.8, 4) is 0 Å². The van der Waals surface area contributed by atoms with Gasteiger partial charge in [0.25, 0.3) is 0 Å². The molecule has 0 aliphatic carbocycles. The number of hydrogen-bond acceptors (Lipinski definition) is 7. The molecule has 168 valence electrons. The molecule has 1 aliphatic heterocycles. The number of sulfone groups is 1. The number of rotatable bonds is 5. The lowest BCUT2D eigenvalue weighted by molar-refractivity contribution is 0.0178. The van der Waals surface area contributed by atoms with Gasteiger partial charge >= 0.3 is 12.1 Å². The van der Waals surface area contributed by atoms with Crippen LogP contribution in [0.1, 0.15) is 50.9 Å². The Morgan fingerprint density at radius 1 is 1.20 bits per heavy atom. The monoisotopic (exact) mass is 440 g/mol. The van der Waals surface area contributed by atoms with Gasteiger partial charge in [0.15, 0.2) is 9.84 Å². The van der Waals surface area contributed by atoms with Gasteiger partial charge in [-0.2, -0.15) is 0 Å². The number of anilines is 1. The maximum atomic E-state index is 12.2. The van der Waals surface area contributed by atoms with Crippen molar-refractivity contribution in [2.75, 3.05) is 31.8 Å². The minimum atomic E-state index is -3.48. The number of nitrogens with one attached hydrogen (secondary N) is 1. The molecule has 8 nitrogen and oxygen atoms in total. The van der Waals surface area contributed by atoms with E-state index in [0.29, 0.717) is 18.8 Å². The molecule has 9 heteroatoms. The van der Waals surface area contributed by atoms with Gasteiger partial charge in [-0.15, -0.1) is 0 Å². The Morgan fingerprint density at radius 2 is 1.80 bits per heavy atom. The lowest BCUT2D eigenvalue weighted by atomic mass is 9.90. The molecule has 0 spiro atoms. The first-order valence-electron chi connectivity index (χ1n) is 9.98. The molecule has 1 atom stereocenters. The van der Waals surface area contributed by atoms with Crippen LogP contribution in [0.4, 0.5) is 10.5 Å². The van der Waals surface area contributed by atoms with E-state index in [1.165, 1.54) is 25.3 Å². The van der Waals surface area contributed by atoms with E-state index in [2.05, 4.69) is 5.32 Å². The molecule has 1 fully saturated rings. The SMILES string of the molecule is COC(=O)c1ccc(S(C)(=O)=O)c(NC(C)C2CCN(C(=O)OC(C)(C)C)CC2)c1. The number of amides is 1. The van der Waals surface area contributed by atoms with Gasteiger partial charge in [-0.05, 0) is 64.7 Å². The van der Waals surface area contributed by atoms with Crippen LogP contribution in [0.15, 0.2) is 23.1 Å². The van der Waals surface area contributed by atoms with Crippen molar-refractivity contribution in [2.24, 2.45) is 5.92 Å². The van der Waals surface area contributed by atoms with Crippen LogP contribution < -0.4 is 5.32 Å². The first kappa shape index (κ1) is 24.0. The number of benzene rings is 1. The summed E-state index contributed by atoms with van der Waals surface area (Å²) in [5, 5.41) is 3.27. The van der Waals surface area contributed by atoms with Crippen LogP contribution in [-0.2, 0) is 19.3 Å². The highest BCUT2D eigenvalue weighted by atomic mass is 32.2. The Labute approximate surface area is 178 Å². The molecule has 1 aromatic carbocycles. The summed E-state index contributed by atoms with van der Waals surface area (Å²) in [5.74, 6) is -0.297. The van der Waals surface area contributed by atoms with Crippen LogP contribution in [-0.4, -0.2) is 63.5 Å². The fourth-order valence-electron chi connectivity index (χ4n) is 3.48. The molecule has 1 unspecified atom stereocenters. The zero-order valence-corrected chi connectivity index (χ0v) is 19.3. The van der Waals surface area contributed by atoms with Crippen molar-refractivity contribution in [3.05, 3.63) is 23.8 Å². The molecule has 30 heavy (non-hydrogen) atoms. The van der Waals surface area contributed by atoms with Gasteiger partial charge in [0.1, 0.15) is 5.60 Å². The largest absolute Gasteiger partial charge is 0.465 e. The van der Waals surface area contributed by atoms with Crippen molar-refractivity contribution in [3.63, 3.8) is 0 Å². The van der Waals surface area contributed by atoms with Crippen molar-refractivity contribution < 1.29 is 27.5 Å². The number of esters is 1. The van der Waals surface area contributed by atoms with E-state index in [1.807, 2.05) is 27.7 Å². The lowest BCUT2D eigenvalue weighted by Gasteiger charge is -2.36. The fourth-order valence-corrected chi connectivity index (χ4v) is 4.32. The molecule has 0 aromatic heterocycles. The molecule has 1 aliphatic rings. The summed E-state index contributed by atoms with van der Waals surface area (Å²) in [4.78, 5) is 25.9. The maximum absolute atomic E-state index is 12.2. The molecule has 1 amide bonds. The maximum Gasteiger partial charge on any atom is 0.410 e. The van der Waals surface area contributed by atoms with E-state index in [0.717, 1.165) is 19.1 Å². The predicted octanol–water partition coefficient (Wildman–Crippen LogP) is 3.32. The van der Waals surface area contributed by atoms with E-state index in [9.17, 15) is 18.0 Å². The predicted molar refractivity (Wildman–Crippen MR) is 115 cm³/mol. The van der Waals surface area contributed by atoms with Crippen molar-refractivity contribution in [1.29, 1.82) is 0 Å².